The van der Waals surface area contributed by atoms with Crippen molar-refractivity contribution in [2.45, 2.75) is 0 Å². The van der Waals surface area contributed by atoms with Crippen LogP contribution >= 0.6 is 0 Å². The Morgan fingerprint density at radius 3 is 1.95 bits per heavy atom. The quantitative estimate of drug-likeness (QED) is 0.218. The first-order valence-electron chi connectivity index (χ1n) is 14.1. The molecule has 0 radical (unpaired) electrons. The van der Waals surface area contributed by atoms with E-state index in [1.807, 2.05) is 24.4 Å². The summed E-state index contributed by atoms with van der Waals surface area (Å²) in [6.45, 7) is 0. The molecular weight excluding hydrogens is 512 g/mol. The zero-order valence-corrected chi connectivity index (χ0v) is 22.8. The van der Waals surface area contributed by atoms with Gasteiger partial charge in [-0.3, -0.25) is 4.98 Å². The van der Waals surface area contributed by atoms with Gasteiger partial charge in [0.2, 0.25) is 0 Å². The number of benzene rings is 6. The average molecular weight is 539 g/mol. The average Bonchev–Trinajstić information content (AvgIpc) is 3.45. The molecular formula is C39H26N2O. The summed E-state index contributed by atoms with van der Waals surface area (Å²) in [5, 5.41) is 4.62. The predicted molar refractivity (Wildman–Crippen MR) is 175 cm³/mol. The van der Waals surface area contributed by atoms with E-state index in [0.717, 1.165) is 39.0 Å². The Morgan fingerprint density at radius 2 is 1.14 bits per heavy atom. The lowest BCUT2D eigenvalue weighted by Gasteiger charge is -2.26. The highest BCUT2D eigenvalue weighted by atomic mass is 16.3. The fourth-order valence-electron chi connectivity index (χ4n) is 5.98. The van der Waals surface area contributed by atoms with E-state index in [9.17, 15) is 0 Å². The molecule has 0 amide bonds. The van der Waals surface area contributed by atoms with Gasteiger partial charge in [0.15, 0.2) is 5.58 Å². The van der Waals surface area contributed by atoms with Crippen LogP contribution in [0.2, 0.25) is 0 Å². The molecule has 0 bridgehead atoms. The Hall–Kier alpha value is -5.67. The van der Waals surface area contributed by atoms with Gasteiger partial charge in [0.1, 0.15) is 5.58 Å². The summed E-state index contributed by atoms with van der Waals surface area (Å²) in [4.78, 5) is 6.61. The van der Waals surface area contributed by atoms with Crippen LogP contribution in [0.3, 0.4) is 0 Å². The third-order valence-corrected chi connectivity index (χ3v) is 7.98. The predicted octanol–water partition coefficient (Wildman–Crippen LogP) is 10.9. The number of hydrogen-bond acceptors (Lipinski definition) is 3. The van der Waals surface area contributed by atoms with Crippen LogP contribution < -0.4 is 4.90 Å². The highest BCUT2D eigenvalue weighted by molar-refractivity contribution is 6.13. The van der Waals surface area contributed by atoms with Crippen molar-refractivity contribution in [3.63, 3.8) is 0 Å². The van der Waals surface area contributed by atoms with Crippen LogP contribution in [0.5, 0.6) is 0 Å². The van der Waals surface area contributed by atoms with Gasteiger partial charge in [0.25, 0.3) is 0 Å². The second kappa shape index (κ2) is 10.1. The first kappa shape index (κ1) is 24.2. The van der Waals surface area contributed by atoms with Crippen molar-refractivity contribution < 1.29 is 4.42 Å². The van der Waals surface area contributed by atoms with E-state index >= 15 is 0 Å². The fourth-order valence-corrected chi connectivity index (χ4v) is 5.98. The highest BCUT2D eigenvalue weighted by Crippen LogP contribution is 2.43. The second-order valence-electron chi connectivity index (χ2n) is 10.4. The molecule has 0 aliphatic heterocycles. The van der Waals surface area contributed by atoms with Crippen molar-refractivity contribution in [3.05, 3.63) is 158 Å². The molecule has 3 nitrogen and oxygen atoms in total. The summed E-state index contributed by atoms with van der Waals surface area (Å²) in [7, 11) is 0. The van der Waals surface area contributed by atoms with Gasteiger partial charge >= 0.3 is 0 Å². The van der Waals surface area contributed by atoms with Crippen molar-refractivity contribution in [2.75, 3.05) is 4.90 Å². The monoisotopic (exact) mass is 538 g/mol. The summed E-state index contributed by atoms with van der Waals surface area (Å²) in [5.41, 5.74) is 9.63. The lowest BCUT2D eigenvalue weighted by Crippen LogP contribution is -2.10. The van der Waals surface area contributed by atoms with Crippen molar-refractivity contribution >= 4 is 49.8 Å². The van der Waals surface area contributed by atoms with E-state index in [0.29, 0.717) is 0 Å². The van der Waals surface area contributed by atoms with Crippen LogP contribution in [0.4, 0.5) is 17.1 Å². The SMILES string of the molecule is c1ccc(-c2ccc(N(c3ccc(-c4cccc5ccccc45)cc3)c3cccc4oc5cnccc5c34)cc2)cc1. The van der Waals surface area contributed by atoms with Gasteiger partial charge in [-0.15, -0.1) is 0 Å². The third-order valence-electron chi connectivity index (χ3n) is 7.98. The van der Waals surface area contributed by atoms with Gasteiger partial charge in [0.05, 0.1) is 17.3 Å². The standard InChI is InChI=1S/C39H26N2O/c1-2-8-27(9-3-1)28-16-20-31(21-17-28)41(36-14-7-15-37-39(36)35-24-25-40-26-38(35)42-37)32-22-18-30(19-23-32)34-13-6-11-29-10-4-5-12-33(29)34/h1-26H. The molecule has 0 atom stereocenters. The number of fused-ring (bicyclic) bond motifs is 4. The van der Waals surface area contributed by atoms with Crippen LogP contribution in [0.25, 0.3) is 55.0 Å². The van der Waals surface area contributed by atoms with E-state index in [2.05, 4.69) is 137 Å². The van der Waals surface area contributed by atoms with E-state index in [1.165, 1.54) is 33.0 Å². The molecule has 0 unspecified atom stereocenters. The molecule has 0 saturated carbocycles. The summed E-state index contributed by atoms with van der Waals surface area (Å²) >= 11 is 0. The van der Waals surface area contributed by atoms with E-state index in [4.69, 9.17) is 4.42 Å². The van der Waals surface area contributed by atoms with Gasteiger partial charge in [0, 0.05) is 23.0 Å². The summed E-state index contributed by atoms with van der Waals surface area (Å²) in [5.74, 6) is 0. The Kier molecular flexibility index (Phi) is 5.79. The first-order chi connectivity index (χ1) is 20.8. The molecule has 0 N–H and O–H groups in total. The lowest BCUT2D eigenvalue weighted by atomic mass is 9.98. The molecule has 198 valence electrons. The normalized spacial score (nSPS) is 11.3. The minimum Gasteiger partial charge on any atom is -0.454 e. The Balaban J connectivity index is 1.29. The summed E-state index contributed by atoms with van der Waals surface area (Å²) < 4.78 is 6.22. The molecule has 8 rings (SSSR count). The molecule has 42 heavy (non-hydrogen) atoms. The van der Waals surface area contributed by atoms with Gasteiger partial charge < -0.3 is 9.32 Å². The van der Waals surface area contributed by atoms with E-state index in [1.54, 1.807) is 6.20 Å². The number of furan rings is 1. The Morgan fingerprint density at radius 1 is 0.476 bits per heavy atom. The number of hydrogen-bond donors (Lipinski definition) is 0. The number of anilines is 3. The van der Waals surface area contributed by atoms with Crippen molar-refractivity contribution in [1.29, 1.82) is 0 Å². The van der Waals surface area contributed by atoms with Crippen molar-refractivity contribution in [3.8, 4) is 22.3 Å². The molecule has 0 spiro atoms. The van der Waals surface area contributed by atoms with E-state index < -0.39 is 0 Å². The molecule has 3 heteroatoms. The maximum atomic E-state index is 6.22. The number of pyridine rings is 1. The van der Waals surface area contributed by atoms with Crippen LogP contribution in [0.15, 0.2) is 162 Å². The van der Waals surface area contributed by atoms with Gasteiger partial charge in [-0.2, -0.15) is 0 Å². The van der Waals surface area contributed by atoms with Gasteiger partial charge in [-0.05, 0) is 75.5 Å². The summed E-state index contributed by atoms with van der Waals surface area (Å²) in [6, 6.07) is 51.5. The van der Waals surface area contributed by atoms with E-state index in [-0.39, 0.29) is 0 Å². The fraction of sp³-hybridized carbons (Fsp3) is 0. The Bertz CT molecular complexity index is 2170. The van der Waals surface area contributed by atoms with Gasteiger partial charge in [-0.25, -0.2) is 0 Å². The van der Waals surface area contributed by atoms with Crippen LogP contribution in [-0.4, -0.2) is 4.98 Å². The molecule has 0 fully saturated rings. The number of nitrogens with zero attached hydrogens (tertiary/aromatic N) is 2. The third kappa shape index (κ3) is 4.11. The van der Waals surface area contributed by atoms with Crippen LogP contribution in [0, 0.1) is 0 Å². The Labute approximate surface area is 243 Å². The smallest absolute Gasteiger partial charge is 0.153 e. The molecule has 0 saturated heterocycles. The maximum absolute atomic E-state index is 6.22. The molecule has 0 aliphatic rings. The zero-order valence-electron chi connectivity index (χ0n) is 22.8. The van der Waals surface area contributed by atoms with Crippen LogP contribution in [-0.2, 0) is 0 Å². The van der Waals surface area contributed by atoms with Gasteiger partial charge in [-0.1, -0.05) is 103 Å². The number of aromatic nitrogens is 1. The molecule has 2 heterocycles. The maximum Gasteiger partial charge on any atom is 0.153 e. The lowest BCUT2D eigenvalue weighted by molar-refractivity contribution is 0.667. The molecule has 2 aromatic heterocycles. The summed E-state index contributed by atoms with van der Waals surface area (Å²) in [6.07, 6.45) is 3.61. The molecule has 0 aliphatic carbocycles. The topological polar surface area (TPSA) is 29.3 Å². The number of rotatable bonds is 5. The first-order valence-corrected chi connectivity index (χ1v) is 14.1. The largest absolute Gasteiger partial charge is 0.454 e. The molecule has 6 aromatic carbocycles. The minimum atomic E-state index is 0.783. The zero-order chi connectivity index (χ0) is 27.9. The second-order valence-corrected chi connectivity index (χ2v) is 10.4. The van der Waals surface area contributed by atoms with Crippen molar-refractivity contribution in [2.24, 2.45) is 0 Å². The van der Waals surface area contributed by atoms with Crippen LogP contribution in [0.1, 0.15) is 0 Å². The highest BCUT2D eigenvalue weighted by Gasteiger charge is 2.19. The van der Waals surface area contributed by atoms with Crippen molar-refractivity contribution in [1.82, 2.24) is 4.98 Å². The molecule has 8 aromatic rings. The minimum absolute atomic E-state index is 0.783.